The Morgan fingerprint density at radius 2 is 2.12 bits per heavy atom. The second-order valence-corrected chi connectivity index (χ2v) is 5.61. The standard InChI is InChI=1S/C10H12FN2O2S/c11-8-3-1-2-4-9(8)16(14,15)10-7-12-5-6-13-10/h1-4,10,12H,5-7H2. The lowest BCUT2D eigenvalue weighted by Gasteiger charge is -2.22. The Hall–Kier alpha value is -0.980. The van der Waals surface area contributed by atoms with Crippen molar-refractivity contribution < 1.29 is 12.8 Å². The lowest BCUT2D eigenvalue weighted by molar-refractivity contribution is 0.464. The zero-order valence-electron chi connectivity index (χ0n) is 8.56. The molecule has 0 bridgehead atoms. The van der Waals surface area contributed by atoms with E-state index >= 15 is 0 Å². The van der Waals surface area contributed by atoms with Crippen molar-refractivity contribution in [3.05, 3.63) is 30.1 Å². The van der Waals surface area contributed by atoms with E-state index in [1.807, 2.05) is 0 Å². The lowest BCUT2D eigenvalue weighted by atomic mass is 10.3. The molecule has 0 saturated carbocycles. The summed E-state index contributed by atoms with van der Waals surface area (Å²) in [4.78, 5) is -0.271. The van der Waals surface area contributed by atoms with E-state index in [9.17, 15) is 12.8 Å². The maximum Gasteiger partial charge on any atom is 0.199 e. The van der Waals surface area contributed by atoms with Crippen LogP contribution in [0.5, 0.6) is 0 Å². The molecule has 1 aromatic rings. The van der Waals surface area contributed by atoms with Gasteiger partial charge in [-0.05, 0) is 12.1 Å². The Morgan fingerprint density at radius 3 is 2.75 bits per heavy atom. The number of sulfone groups is 1. The van der Waals surface area contributed by atoms with E-state index in [1.54, 1.807) is 0 Å². The van der Waals surface area contributed by atoms with Crippen molar-refractivity contribution in [1.29, 1.82) is 0 Å². The predicted molar refractivity (Wildman–Crippen MR) is 57.2 cm³/mol. The molecule has 1 heterocycles. The molecular formula is C10H12FN2O2S. The topological polar surface area (TPSA) is 60.3 Å². The minimum atomic E-state index is -3.70. The Labute approximate surface area is 93.8 Å². The highest BCUT2D eigenvalue weighted by molar-refractivity contribution is 7.92. The van der Waals surface area contributed by atoms with Crippen LogP contribution < -0.4 is 10.6 Å². The smallest absolute Gasteiger partial charge is 0.199 e. The van der Waals surface area contributed by atoms with Gasteiger partial charge in [0.15, 0.2) is 9.84 Å². The van der Waals surface area contributed by atoms with Gasteiger partial charge in [-0.2, -0.15) is 0 Å². The average Bonchev–Trinajstić information content (AvgIpc) is 2.30. The van der Waals surface area contributed by atoms with E-state index in [0.29, 0.717) is 13.1 Å². The molecule has 0 spiro atoms. The number of nitrogens with one attached hydrogen (secondary N) is 1. The molecule has 1 aromatic carbocycles. The van der Waals surface area contributed by atoms with Crippen molar-refractivity contribution >= 4 is 9.84 Å². The maximum atomic E-state index is 13.4. The first kappa shape index (κ1) is 11.5. The molecule has 0 aromatic heterocycles. The zero-order valence-corrected chi connectivity index (χ0v) is 9.37. The number of hydrogen-bond acceptors (Lipinski definition) is 3. The van der Waals surface area contributed by atoms with Crippen molar-refractivity contribution in [2.45, 2.75) is 10.3 Å². The first-order chi connectivity index (χ1) is 7.62. The molecule has 0 aliphatic carbocycles. The summed E-state index contributed by atoms with van der Waals surface area (Å²) in [5, 5.41) is 6.06. The monoisotopic (exact) mass is 243 g/mol. The summed E-state index contributed by atoms with van der Waals surface area (Å²) in [5.74, 6) is -0.719. The Morgan fingerprint density at radius 1 is 1.38 bits per heavy atom. The first-order valence-electron chi connectivity index (χ1n) is 4.98. The van der Waals surface area contributed by atoms with E-state index in [-0.39, 0.29) is 11.4 Å². The van der Waals surface area contributed by atoms with Crippen molar-refractivity contribution in [2.24, 2.45) is 0 Å². The summed E-state index contributed by atoms with van der Waals surface area (Å²) in [7, 11) is -3.70. The number of rotatable bonds is 2. The second-order valence-electron chi connectivity index (χ2n) is 3.54. The Kier molecular flexibility index (Phi) is 3.22. The number of benzene rings is 1. The summed E-state index contributed by atoms with van der Waals surface area (Å²) in [5.41, 5.74) is 0. The minimum absolute atomic E-state index is 0.247. The largest absolute Gasteiger partial charge is 0.313 e. The van der Waals surface area contributed by atoms with Crippen LogP contribution in [0.2, 0.25) is 0 Å². The third kappa shape index (κ3) is 2.09. The van der Waals surface area contributed by atoms with Gasteiger partial charge in [-0.3, -0.25) is 0 Å². The molecule has 0 amide bonds. The molecular weight excluding hydrogens is 231 g/mol. The van der Waals surface area contributed by atoms with Gasteiger partial charge in [0.1, 0.15) is 16.1 Å². The van der Waals surface area contributed by atoms with Gasteiger partial charge in [0, 0.05) is 19.6 Å². The fourth-order valence-corrected chi connectivity index (χ4v) is 3.15. The van der Waals surface area contributed by atoms with E-state index < -0.39 is 21.0 Å². The van der Waals surface area contributed by atoms with Gasteiger partial charge in [0.2, 0.25) is 0 Å². The molecule has 4 nitrogen and oxygen atoms in total. The highest BCUT2D eigenvalue weighted by Crippen LogP contribution is 2.19. The lowest BCUT2D eigenvalue weighted by Crippen LogP contribution is -2.48. The number of piperazine rings is 1. The molecule has 2 rings (SSSR count). The van der Waals surface area contributed by atoms with Gasteiger partial charge in [-0.15, -0.1) is 0 Å². The summed E-state index contributed by atoms with van der Waals surface area (Å²) in [6, 6.07) is 5.38. The van der Waals surface area contributed by atoms with Gasteiger partial charge in [-0.1, -0.05) is 12.1 Å². The second kappa shape index (κ2) is 4.48. The average molecular weight is 243 g/mol. The van der Waals surface area contributed by atoms with Crippen molar-refractivity contribution in [3.8, 4) is 0 Å². The van der Waals surface area contributed by atoms with Crippen LogP contribution in [0.25, 0.3) is 0 Å². The van der Waals surface area contributed by atoms with E-state index in [4.69, 9.17) is 0 Å². The Bertz CT molecular complexity index is 469. The van der Waals surface area contributed by atoms with Gasteiger partial charge in [-0.25, -0.2) is 18.1 Å². The zero-order chi connectivity index (χ0) is 11.6. The van der Waals surface area contributed by atoms with Gasteiger partial charge in [0.05, 0.1) is 0 Å². The summed E-state index contributed by atoms with van der Waals surface area (Å²) in [6.07, 6.45) is 0. The van der Waals surface area contributed by atoms with E-state index in [0.717, 1.165) is 6.07 Å². The quantitative estimate of drug-likeness (QED) is 0.803. The van der Waals surface area contributed by atoms with Crippen LogP contribution in [0, 0.1) is 5.82 Å². The third-order valence-electron chi connectivity index (χ3n) is 2.44. The molecule has 1 radical (unpaired) electrons. The molecule has 1 aliphatic rings. The molecule has 6 heteroatoms. The SMILES string of the molecule is O=S(=O)(c1ccccc1F)C1CNCC[N]1. The minimum Gasteiger partial charge on any atom is -0.313 e. The number of hydrogen-bond donors (Lipinski definition) is 1. The molecule has 16 heavy (non-hydrogen) atoms. The third-order valence-corrected chi connectivity index (χ3v) is 4.42. The van der Waals surface area contributed by atoms with Crippen molar-refractivity contribution in [2.75, 3.05) is 19.6 Å². The number of nitrogens with zero attached hydrogens (tertiary/aromatic N) is 1. The van der Waals surface area contributed by atoms with Crippen LogP contribution in [-0.2, 0) is 9.84 Å². The van der Waals surface area contributed by atoms with Crippen LogP contribution in [-0.4, -0.2) is 33.4 Å². The van der Waals surface area contributed by atoms with Crippen molar-refractivity contribution in [1.82, 2.24) is 10.6 Å². The molecule has 1 aliphatic heterocycles. The number of halogens is 1. The normalized spacial score (nSPS) is 21.9. The fourth-order valence-electron chi connectivity index (χ4n) is 1.61. The molecule has 87 valence electrons. The summed E-state index contributed by atoms with van der Waals surface area (Å²) >= 11 is 0. The van der Waals surface area contributed by atoms with Crippen molar-refractivity contribution in [3.63, 3.8) is 0 Å². The van der Waals surface area contributed by atoms with E-state index in [1.165, 1.54) is 18.2 Å². The molecule has 1 N–H and O–H groups in total. The van der Waals surface area contributed by atoms with Crippen LogP contribution in [0.15, 0.2) is 29.2 Å². The van der Waals surface area contributed by atoms with E-state index in [2.05, 4.69) is 10.6 Å². The highest BCUT2D eigenvalue weighted by atomic mass is 32.2. The molecule has 1 unspecified atom stereocenters. The molecule has 1 atom stereocenters. The summed E-state index contributed by atoms with van der Waals surface area (Å²) in [6.45, 7) is 1.36. The first-order valence-corrected chi connectivity index (χ1v) is 6.53. The highest BCUT2D eigenvalue weighted by Gasteiger charge is 2.31. The molecule has 1 fully saturated rings. The fraction of sp³-hybridized carbons (Fsp3) is 0.400. The summed E-state index contributed by atoms with van der Waals surface area (Å²) < 4.78 is 37.5. The molecule has 1 saturated heterocycles. The Balaban J connectivity index is 2.35. The van der Waals surface area contributed by atoms with Gasteiger partial charge >= 0.3 is 0 Å². The van der Waals surface area contributed by atoms with Crippen LogP contribution in [0.3, 0.4) is 0 Å². The van der Waals surface area contributed by atoms with Gasteiger partial charge in [0.25, 0.3) is 0 Å². The maximum absolute atomic E-state index is 13.4. The van der Waals surface area contributed by atoms with Crippen LogP contribution >= 0.6 is 0 Å². The predicted octanol–water partition coefficient (Wildman–Crippen LogP) is 0.133. The van der Waals surface area contributed by atoms with Crippen LogP contribution in [0.4, 0.5) is 4.39 Å². The van der Waals surface area contributed by atoms with Gasteiger partial charge < -0.3 is 5.32 Å². The van der Waals surface area contributed by atoms with Crippen LogP contribution in [0.1, 0.15) is 0 Å².